The summed E-state index contributed by atoms with van der Waals surface area (Å²) in [5, 5.41) is 0.601. The van der Waals surface area contributed by atoms with Crippen molar-refractivity contribution in [2.75, 3.05) is 0 Å². The molecule has 0 aliphatic rings. The second-order valence-corrected chi connectivity index (χ2v) is 5.49. The molecule has 0 spiro atoms. The number of rotatable bonds is 3. The quantitative estimate of drug-likeness (QED) is 0.683. The number of thioether (sulfide) groups is 1. The summed E-state index contributed by atoms with van der Waals surface area (Å²) in [6.07, 6.45) is 0. The lowest BCUT2D eigenvalue weighted by Crippen LogP contribution is -3.00. The first-order valence-corrected chi connectivity index (χ1v) is 7.22. The van der Waals surface area contributed by atoms with E-state index < -0.39 is 0 Å². The maximum atomic E-state index is 5.93. The second-order valence-electron chi connectivity index (χ2n) is 4.49. The van der Waals surface area contributed by atoms with Crippen LogP contribution in [-0.2, 0) is 5.75 Å². The molecule has 2 nitrogen and oxygen atoms in total. The van der Waals surface area contributed by atoms with Crippen molar-refractivity contribution in [2.24, 2.45) is 10.7 Å². The molecule has 2 N–H and O–H groups in total. The van der Waals surface area contributed by atoms with Crippen LogP contribution in [0, 0.1) is 13.8 Å². The van der Waals surface area contributed by atoms with Crippen LogP contribution >= 0.6 is 11.8 Å². The molecule has 0 atom stereocenters. The Morgan fingerprint density at radius 1 is 1.05 bits per heavy atom. The summed E-state index contributed by atoms with van der Waals surface area (Å²) in [5.74, 6) is 0.850. The summed E-state index contributed by atoms with van der Waals surface area (Å²) < 4.78 is 0. The highest BCUT2D eigenvalue weighted by molar-refractivity contribution is 8.13. The molecule has 2 aromatic rings. The van der Waals surface area contributed by atoms with Crippen molar-refractivity contribution < 1.29 is 12.4 Å². The number of hydrogen-bond acceptors (Lipinski definition) is 2. The van der Waals surface area contributed by atoms with Crippen molar-refractivity contribution in [2.45, 2.75) is 19.6 Å². The van der Waals surface area contributed by atoms with E-state index in [9.17, 15) is 0 Å². The predicted molar refractivity (Wildman–Crippen MR) is 84.9 cm³/mol. The summed E-state index contributed by atoms with van der Waals surface area (Å²) in [7, 11) is 0. The van der Waals surface area contributed by atoms with E-state index in [1.54, 1.807) is 11.8 Å². The summed E-state index contributed by atoms with van der Waals surface area (Å²) in [5.41, 5.74) is 10.7. The number of para-hydroxylation sites is 1. The van der Waals surface area contributed by atoms with Crippen LogP contribution in [0.1, 0.15) is 16.7 Å². The highest BCUT2D eigenvalue weighted by Gasteiger charge is 1.99. The lowest BCUT2D eigenvalue weighted by molar-refractivity contribution is -0.00000408. The van der Waals surface area contributed by atoms with Crippen molar-refractivity contribution >= 4 is 22.6 Å². The zero-order valence-electron chi connectivity index (χ0n) is 11.6. The van der Waals surface area contributed by atoms with E-state index >= 15 is 0 Å². The van der Waals surface area contributed by atoms with E-state index in [1.165, 1.54) is 16.7 Å². The van der Waals surface area contributed by atoms with Gasteiger partial charge in [-0.1, -0.05) is 48.2 Å². The van der Waals surface area contributed by atoms with Crippen molar-refractivity contribution in [1.29, 1.82) is 0 Å². The van der Waals surface area contributed by atoms with Crippen LogP contribution in [0.25, 0.3) is 0 Å². The highest BCUT2D eigenvalue weighted by Crippen LogP contribution is 2.18. The van der Waals surface area contributed by atoms with Crippen LogP contribution in [0.2, 0.25) is 0 Å². The summed E-state index contributed by atoms with van der Waals surface area (Å²) >= 11 is 1.57. The number of hydrogen-bond donors (Lipinski definition) is 1. The van der Waals surface area contributed by atoms with E-state index in [-0.39, 0.29) is 12.4 Å². The number of aryl methyl sites for hydroxylation is 2. The van der Waals surface area contributed by atoms with Gasteiger partial charge in [0.1, 0.15) is 0 Å². The first-order chi connectivity index (χ1) is 9.15. The predicted octanol–water partition coefficient (Wildman–Crippen LogP) is 1.19. The monoisotopic (exact) mass is 305 g/mol. The molecule has 0 aliphatic heterocycles. The number of nitrogens with zero attached hydrogens (tertiary/aromatic N) is 1. The molecule has 4 heteroatoms. The van der Waals surface area contributed by atoms with Crippen molar-refractivity contribution in [3.8, 4) is 0 Å². The maximum Gasteiger partial charge on any atom is 0.159 e. The van der Waals surface area contributed by atoms with Gasteiger partial charge in [-0.25, -0.2) is 4.99 Å². The van der Waals surface area contributed by atoms with Crippen molar-refractivity contribution in [1.82, 2.24) is 0 Å². The summed E-state index contributed by atoms with van der Waals surface area (Å²) in [6, 6.07) is 16.3. The molecule has 0 heterocycles. The number of amidine groups is 1. The summed E-state index contributed by atoms with van der Waals surface area (Å²) in [6.45, 7) is 4.25. The Balaban J connectivity index is 0.00000200. The molecule has 0 saturated carbocycles. The minimum Gasteiger partial charge on any atom is -1.00 e. The molecule has 106 valence electrons. The topological polar surface area (TPSA) is 38.4 Å². The molecule has 0 unspecified atom stereocenters. The van der Waals surface area contributed by atoms with E-state index in [1.807, 2.05) is 30.3 Å². The average molecular weight is 306 g/mol. The van der Waals surface area contributed by atoms with Gasteiger partial charge in [-0.05, 0) is 42.7 Å². The van der Waals surface area contributed by atoms with Gasteiger partial charge in [0.05, 0.1) is 5.69 Å². The Kier molecular flexibility index (Phi) is 6.62. The third-order valence-electron chi connectivity index (χ3n) is 2.95. The lowest BCUT2D eigenvalue weighted by Gasteiger charge is -2.05. The smallest absolute Gasteiger partial charge is 0.159 e. The fraction of sp³-hybridized carbons (Fsp3) is 0.188. The van der Waals surface area contributed by atoms with Crippen LogP contribution in [0.4, 0.5) is 5.69 Å². The number of benzene rings is 2. The molecule has 0 radical (unpaired) electrons. The molecular formula is C16H18ClN2S-. The van der Waals surface area contributed by atoms with Gasteiger partial charge in [-0.2, -0.15) is 0 Å². The Labute approximate surface area is 130 Å². The number of aliphatic imine (C=N–C) groups is 1. The number of nitrogens with two attached hydrogens (primary N) is 1. The maximum absolute atomic E-state index is 5.93. The van der Waals surface area contributed by atoms with Gasteiger partial charge < -0.3 is 18.1 Å². The molecule has 0 fully saturated rings. The van der Waals surface area contributed by atoms with Crippen LogP contribution in [-0.4, -0.2) is 5.17 Å². The number of halogens is 1. The Hall–Kier alpha value is -1.45. The van der Waals surface area contributed by atoms with Gasteiger partial charge in [0.2, 0.25) is 0 Å². The van der Waals surface area contributed by atoms with Gasteiger partial charge >= 0.3 is 0 Å². The molecular weight excluding hydrogens is 288 g/mol. The van der Waals surface area contributed by atoms with Gasteiger partial charge in [0, 0.05) is 5.75 Å². The van der Waals surface area contributed by atoms with Gasteiger partial charge in [-0.3, -0.25) is 0 Å². The highest BCUT2D eigenvalue weighted by atomic mass is 35.5. The van der Waals surface area contributed by atoms with Gasteiger partial charge in [0.15, 0.2) is 5.17 Å². The Bertz CT molecular complexity index is 582. The molecule has 0 aromatic heterocycles. The van der Waals surface area contributed by atoms with Gasteiger partial charge in [-0.15, -0.1) is 0 Å². The van der Waals surface area contributed by atoms with E-state index in [2.05, 4.69) is 37.0 Å². The van der Waals surface area contributed by atoms with Crippen molar-refractivity contribution in [3.63, 3.8) is 0 Å². The first kappa shape index (κ1) is 16.6. The zero-order chi connectivity index (χ0) is 13.7. The molecule has 0 bridgehead atoms. The minimum atomic E-state index is 0. The Morgan fingerprint density at radius 2 is 1.75 bits per heavy atom. The van der Waals surface area contributed by atoms with E-state index in [0.29, 0.717) is 5.17 Å². The van der Waals surface area contributed by atoms with Crippen molar-refractivity contribution in [3.05, 3.63) is 65.2 Å². The van der Waals surface area contributed by atoms with Crippen LogP contribution < -0.4 is 18.1 Å². The van der Waals surface area contributed by atoms with E-state index in [4.69, 9.17) is 5.73 Å². The normalized spacial score (nSPS) is 11.0. The molecule has 2 rings (SSSR count). The van der Waals surface area contributed by atoms with Gasteiger partial charge in [0.25, 0.3) is 0 Å². The fourth-order valence-electron chi connectivity index (χ4n) is 1.71. The first-order valence-electron chi connectivity index (χ1n) is 6.23. The SMILES string of the molecule is Cc1ccc(CSC(N)=Nc2ccccc2)cc1C.[Cl-]. The minimum absolute atomic E-state index is 0. The average Bonchev–Trinajstić information content (AvgIpc) is 2.41. The molecule has 0 saturated heterocycles. The zero-order valence-corrected chi connectivity index (χ0v) is 13.2. The van der Waals surface area contributed by atoms with E-state index in [0.717, 1.165) is 11.4 Å². The molecule has 0 aliphatic carbocycles. The standard InChI is InChI=1S/C16H18N2S.ClH/c1-12-8-9-14(10-13(12)2)11-19-16(17)18-15-6-4-3-5-7-15;/h3-10H,11H2,1-2H3,(H2,17,18);1H/p-1. The fourth-order valence-corrected chi connectivity index (χ4v) is 2.38. The molecule has 2 aromatic carbocycles. The van der Waals surface area contributed by atoms with Crippen LogP contribution in [0.3, 0.4) is 0 Å². The van der Waals surface area contributed by atoms with Crippen LogP contribution in [0.5, 0.6) is 0 Å². The molecule has 20 heavy (non-hydrogen) atoms. The largest absolute Gasteiger partial charge is 1.00 e. The van der Waals surface area contributed by atoms with Crippen LogP contribution in [0.15, 0.2) is 53.5 Å². The second kappa shape index (κ2) is 7.98. The molecule has 0 amide bonds. The third kappa shape index (κ3) is 4.91. The summed E-state index contributed by atoms with van der Waals surface area (Å²) in [4.78, 5) is 4.37. The Morgan fingerprint density at radius 3 is 2.40 bits per heavy atom. The third-order valence-corrected chi connectivity index (χ3v) is 3.82. The lowest BCUT2D eigenvalue weighted by atomic mass is 10.1.